The van der Waals surface area contributed by atoms with Crippen LogP contribution in [0.15, 0.2) is 59.8 Å². The van der Waals surface area contributed by atoms with Crippen molar-refractivity contribution in [1.82, 2.24) is 24.4 Å². The first-order valence-electron chi connectivity index (χ1n) is 9.87. The van der Waals surface area contributed by atoms with Gasteiger partial charge in [0.15, 0.2) is 5.69 Å². The molecule has 172 valence electrons. The number of aromatic nitrogens is 5. The van der Waals surface area contributed by atoms with Crippen molar-refractivity contribution in [3.05, 3.63) is 87.3 Å². The van der Waals surface area contributed by atoms with Crippen LogP contribution in [0.3, 0.4) is 0 Å². The zero-order valence-electron chi connectivity index (χ0n) is 17.3. The van der Waals surface area contributed by atoms with Gasteiger partial charge in [-0.25, -0.2) is 9.20 Å². The van der Waals surface area contributed by atoms with E-state index in [9.17, 15) is 22.8 Å². The Hall–Kier alpha value is -4.12. The Balaban J connectivity index is 1.60. The molecule has 0 aliphatic rings. The number of hydrogen-bond donors (Lipinski definition) is 2. The van der Waals surface area contributed by atoms with Crippen LogP contribution in [0, 0.1) is 6.92 Å². The van der Waals surface area contributed by atoms with Gasteiger partial charge in [-0.2, -0.15) is 23.4 Å². The summed E-state index contributed by atoms with van der Waals surface area (Å²) in [7, 11) is 0. The summed E-state index contributed by atoms with van der Waals surface area (Å²) in [6.45, 7) is 1.71. The Bertz CT molecular complexity index is 1650. The monoisotopic (exact) mass is 486 g/mol. The standard InChI is InChI=1S/C22H14ClF3N6O2/c1-11-18(23)17-9-12(6-8-31(17)30-11)29-21(34)15-10-28-32(19(15)22(24,25)26)16-4-2-3-14-13(16)5-7-27-20(14)33/h2-10H,1H3,(H,27,33)(H,29,34). The average Bonchev–Trinajstić information content (AvgIpc) is 3.36. The minimum Gasteiger partial charge on any atom is -0.329 e. The molecule has 12 heteroatoms. The van der Waals surface area contributed by atoms with Crippen LogP contribution in [0.1, 0.15) is 21.7 Å². The predicted octanol–water partition coefficient (Wildman–Crippen LogP) is 4.59. The van der Waals surface area contributed by atoms with Crippen LogP contribution >= 0.6 is 11.6 Å². The maximum atomic E-state index is 14.1. The van der Waals surface area contributed by atoms with Crippen LogP contribution in [0.4, 0.5) is 18.9 Å². The lowest BCUT2D eigenvalue weighted by molar-refractivity contribution is -0.143. The van der Waals surface area contributed by atoms with Gasteiger partial charge in [0.25, 0.3) is 11.5 Å². The number of H-pyrrole nitrogens is 1. The highest BCUT2D eigenvalue weighted by atomic mass is 35.5. The van der Waals surface area contributed by atoms with E-state index in [0.717, 1.165) is 6.20 Å². The van der Waals surface area contributed by atoms with Crippen molar-refractivity contribution in [3.63, 3.8) is 0 Å². The van der Waals surface area contributed by atoms with E-state index >= 15 is 0 Å². The van der Waals surface area contributed by atoms with E-state index in [2.05, 4.69) is 20.5 Å². The van der Waals surface area contributed by atoms with Gasteiger partial charge in [-0.05, 0) is 37.3 Å². The molecule has 4 heterocycles. The highest BCUT2D eigenvalue weighted by Crippen LogP contribution is 2.35. The minimum absolute atomic E-state index is 0.0120. The van der Waals surface area contributed by atoms with Gasteiger partial charge in [-0.3, -0.25) is 9.59 Å². The maximum Gasteiger partial charge on any atom is 0.434 e. The number of nitrogens with zero attached hydrogens (tertiary/aromatic N) is 4. The van der Waals surface area contributed by atoms with Gasteiger partial charge in [0.2, 0.25) is 0 Å². The van der Waals surface area contributed by atoms with Crippen LogP contribution in [0.5, 0.6) is 0 Å². The number of benzene rings is 1. The molecule has 0 atom stereocenters. The Morgan fingerprint density at radius 2 is 1.97 bits per heavy atom. The first kappa shape index (κ1) is 21.7. The van der Waals surface area contributed by atoms with Crippen molar-refractivity contribution in [2.45, 2.75) is 13.1 Å². The van der Waals surface area contributed by atoms with E-state index in [1.807, 2.05) is 0 Å². The molecule has 5 rings (SSSR count). The van der Waals surface area contributed by atoms with Crippen molar-refractivity contribution in [3.8, 4) is 5.69 Å². The molecule has 0 fully saturated rings. The van der Waals surface area contributed by atoms with E-state index in [1.54, 1.807) is 6.92 Å². The molecule has 0 saturated heterocycles. The first-order chi connectivity index (χ1) is 16.1. The van der Waals surface area contributed by atoms with Crippen LogP contribution in [-0.4, -0.2) is 30.3 Å². The third-order valence-corrected chi connectivity index (χ3v) is 5.76. The van der Waals surface area contributed by atoms with Gasteiger partial charge in [-0.15, -0.1) is 0 Å². The number of carbonyl (C=O) groups excluding carboxylic acids is 1. The molecule has 8 nitrogen and oxygen atoms in total. The number of aromatic amines is 1. The summed E-state index contributed by atoms with van der Waals surface area (Å²) in [5.41, 5.74) is -1.09. The average molecular weight is 487 g/mol. The number of hydrogen-bond acceptors (Lipinski definition) is 4. The Kier molecular flexibility index (Phi) is 4.94. The number of nitrogens with one attached hydrogen (secondary N) is 2. The molecule has 0 radical (unpaired) electrons. The summed E-state index contributed by atoms with van der Waals surface area (Å²) >= 11 is 6.20. The molecular weight excluding hydrogens is 473 g/mol. The Morgan fingerprint density at radius 1 is 1.18 bits per heavy atom. The molecule has 0 aliphatic heterocycles. The second-order valence-corrected chi connectivity index (χ2v) is 7.84. The fourth-order valence-corrected chi connectivity index (χ4v) is 3.95. The van der Waals surface area contributed by atoms with Crippen LogP contribution in [-0.2, 0) is 6.18 Å². The molecule has 0 bridgehead atoms. The fourth-order valence-electron chi connectivity index (χ4n) is 3.77. The summed E-state index contributed by atoms with van der Waals surface area (Å²) in [5.74, 6) is -1.01. The number of halogens is 4. The van der Waals surface area contributed by atoms with E-state index in [0.29, 0.717) is 20.9 Å². The van der Waals surface area contributed by atoms with E-state index < -0.39 is 28.9 Å². The largest absolute Gasteiger partial charge is 0.434 e. The SMILES string of the molecule is Cc1nn2ccc(NC(=O)c3cnn(-c4cccc5c(=O)[nH]ccc45)c3C(F)(F)F)cc2c1Cl. The number of anilines is 1. The molecular formula is C22H14ClF3N6O2. The zero-order chi connectivity index (χ0) is 24.2. The summed E-state index contributed by atoms with van der Waals surface area (Å²) in [5, 5.41) is 11.3. The highest BCUT2D eigenvalue weighted by molar-refractivity contribution is 6.34. The molecule has 34 heavy (non-hydrogen) atoms. The normalized spacial score (nSPS) is 11.9. The van der Waals surface area contributed by atoms with Gasteiger partial charge in [0, 0.05) is 28.9 Å². The lowest BCUT2D eigenvalue weighted by Crippen LogP contribution is -2.21. The molecule has 5 aromatic rings. The number of aryl methyl sites for hydroxylation is 1. The van der Waals surface area contributed by atoms with Gasteiger partial charge < -0.3 is 10.3 Å². The number of alkyl halides is 3. The van der Waals surface area contributed by atoms with Crippen LogP contribution < -0.4 is 10.9 Å². The van der Waals surface area contributed by atoms with Gasteiger partial charge in [0.05, 0.1) is 33.7 Å². The topological polar surface area (TPSA) is 97.1 Å². The summed E-state index contributed by atoms with van der Waals surface area (Å²) in [6.07, 6.45) is -1.20. The lowest BCUT2D eigenvalue weighted by Gasteiger charge is -2.14. The van der Waals surface area contributed by atoms with Crippen LogP contribution in [0.25, 0.3) is 22.0 Å². The fraction of sp³-hybridized carbons (Fsp3) is 0.0909. The summed E-state index contributed by atoms with van der Waals surface area (Å²) in [6, 6.07) is 8.80. The molecule has 0 aliphatic carbocycles. The van der Waals surface area contributed by atoms with E-state index in [-0.39, 0.29) is 22.1 Å². The molecule has 0 unspecified atom stereocenters. The number of carbonyl (C=O) groups is 1. The van der Waals surface area contributed by atoms with Crippen molar-refractivity contribution in [2.75, 3.05) is 5.32 Å². The molecule has 0 saturated carbocycles. The van der Waals surface area contributed by atoms with E-state index in [1.165, 1.54) is 53.3 Å². The minimum atomic E-state index is -4.91. The third kappa shape index (κ3) is 3.50. The molecule has 1 aromatic carbocycles. The summed E-state index contributed by atoms with van der Waals surface area (Å²) in [4.78, 5) is 27.5. The van der Waals surface area contributed by atoms with Crippen molar-refractivity contribution < 1.29 is 18.0 Å². The molecule has 2 N–H and O–H groups in total. The Morgan fingerprint density at radius 3 is 2.74 bits per heavy atom. The van der Waals surface area contributed by atoms with E-state index in [4.69, 9.17) is 11.6 Å². The van der Waals surface area contributed by atoms with Gasteiger partial charge >= 0.3 is 6.18 Å². The molecule has 4 aromatic heterocycles. The number of fused-ring (bicyclic) bond motifs is 2. The second kappa shape index (κ2) is 7.73. The molecule has 1 amide bonds. The number of pyridine rings is 2. The first-order valence-corrected chi connectivity index (χ1v) is 10.2. The van der Waals surface area contributed by atoms with Crippen molar-refractivity contribution >= 4 is 39.5 Å². The quantitative estimate of drug-likeness (QED) is 0.389. The smallest absolute Gasteiger partial charge is 0.329 e. The third-order valence-electron chi connectivity index (χ3n) is 5.30. The predicted molar refractivity (Wildman–Crippen MR) is 120 cm³/mol. The second-order valence-electron chi connectivity index (χ2n) is 7.46. The molecule has 0 spiro atoms. The van der Waals surface area contributed by atoms with Crippen molar-refractivity contribution in [1.29, 1.82) is 0 Å². The number of amides is 1. The van der Waals surface area contributed by atoms with Gasteiger partial charge in [0.1, 0.15) is 0 Å². The van der Waals surface area contributed by atoms with Gasteiger partial charge in [-0.1, -0.05) is 17.7 Å². The highest BCUT2D eigenvalue weighted by Gasteiger charge is 2.41. The maximum absolute atomic E-state index is 14.1. The van der Waals surface area contributed by atoms with Crippen molar-refractivity contribution in [2.24, 2.45) is 0 Å². The van der Waals surface area contributed by atoms with Crippen LogP contribution in [0.2, 0.25) is 5.02 Å². The Labute approximate surface area is 193 Å². The lowest BCUT2D eigenvalue weighted by atomic mass is 10.1. The zero-order valence-corrected chi connectivity index (χ0v) is 18.1. The number of rotatable bonds is 3. The summed E-state index contributed by atoms with van der Waals surface area (Å²) < 4.78 is 44.5.